The summed E-state index contributed by atoms with van der Waals surface area (Å²) < 4.78 is 19.5. The molecule has 1 unspecified atom stereocenters. The fourth-order valence-electron chi connectivity index (χ4n) is 2.71. The van der Waals surface area contributed by atoms with Crippen LogP contribution in [0, 0.1) is 0 Å². The monoisotopic (exact) mass is 376 g/mol. The molecule has 1 atom stereocenters. The fraction of sp³-hybridized carbons (Fsp3) is 0.947. The molecule has 0 aliphatic carbocycles. The smallest absolute Gasteiger partial charge is 0.327 e. The highest BCUT2D eigenvalue weighted by Crippen LogP contribution is 2.13. The van der Waals surface area contributed by atoms with E-state index in [0.29, 0.717) is 6.42 Å². The summed E-state index contributed by atoms with van der Waals surface area (Å²) in [5, 5.41) is 9.37. The zero-order chi connectivity index (χ0) is 18.6. The van der Waals surface area contributed by atoms with Crippen molar-refractivity contribution >= 4 is 14.7 Å². The summed E-state index contributed by atoms with van der Waals surface area (Å²) >= 11 is 0. The van der Waals surface area contributed by atoms with E-state index < -0.39 is 14.8 Å². The average molecular weight is 376 g/mol. The molecule has 0 heterocycles. The van der Waals surface area contributed by atoms with E-state index in [1.54, 1.807) is 0 Å². The van der Waals surface area contributed by atoms with Gasteiger partial charge in [-0.1, -0.05) is 84.0 Å². The maximum Gasteiger partial charge on any atom is 0.327 e. The lowest BCUT2D eigenvalue weighted by Crippen LogP contribution is -2.22. The minimum Gasteiger partial charge on any atom is -0.463 e. The van der Waals surface area contributed by atoms with E-state index in [-0.39, 0.29) is 19.2 Å². The molecule has 0 aromatic rings. The molecular weight excluding hydrogens is 339 g/mol. The van der Waals surface area contributed by atoms with Crippen LogP contribution in [-0.2, 0) is 18.6 Å². The third kappa shape index (κ3) is 19.7. The molecule has 0 fully saturated rings. The maximum atomic E-state index is 11.5. The van der Waals surface area contributed by atoms with Crippen LogP contribution in [0.3, 0.4) is 0 Å². The van der Waals surface area contributed by atoms with Gasteiger partial charge < -0.3 is 9.84 Å². The van der Waals surface area contributed by atoms with Crippen molar-refractivity contribution in [3.05, 3.63) is 0 Å². The molecule has 0 rings (SSSR count). The molecule has 0 aliphatic heterocycles. The molecule has 5 nitrogen and oxygen atoms in total. The predicted molar refractivity (Wildman–Crippen MR) is 101 cm³/mol. The van der Waals surface area contributed by atoms with Crippen LogP contribution in [0.25, 0.3) is 0 Å². The largest absolute Gasteiger partial charge is 0.463 e. The van der Waals surface area contributed by atoms with E-state index in [2.05, 4.69) is 11.4 Å². The second-order valence-corrected chi connectivity index (χ2v) is 7.11. The molecule has 0 bridgehead atoms. The van der Waals surface area contributed by atoms with E-state index in [1.807, 2.05) is 0 Å². The van der Waals surface area contributed by atoms with Gasteiger partial charge in [-0.15, -0.1) is 0 Å². The fourth-order valence-corrected chi connectivity index (χ4v) is 2.95. The minimum absolute atomic E-state index is 0.100. The van der Waals surface area contributed by atoms with Crippen molar-refractivity contribution in [2.75, 3.05) is 13.2 Å². The Hall–Kier alpha value is -0.510. The molecule has 6 heteroatoms. The average Bonchev–Trinajstić information content (AvgIpc) is 2.62. The van der Waals surface area contributed by atoms with Crippen LogP contribution in [0.2, 0.25) is 0 Å². The Balaban J connectivity index is 3.22. The van der Waals surface area contributed by atoms with Crippen molar-refractivity contribution in [2.45, 2.75) is 103 Å². The summed E-state index contributed by atoms with van der Waals surface area (Å²) in [5.74, 6) is -0.290. The first-order chi connectivity index (χ1) is 12.2. The number of ether oxygens (including phenoxy) is 1. The Morgan fingerprint density at radius 3 is 1.80 bits per heavy atom. The van der Waals surface area contributed by atoms with E-state index in [9.17, 15) is 14.5 Å². The highest BCUT2D eigenvalue weighted by Gasteiger charge is 2.09. The van der Waals surface area contributed by atoms with Gasteiger partial charge in [-0.25, -0.2) is 4.57 Å². The van der Waals surface area contributed by atoms with Crippen LogP contribution in [0.1, 0.15) is 96.8 Å². The highest BCUT2D eigenvalue weighted by molar-refractivity contribution is 7.17. The zero-order valence-electron chi connectivity index (χ0n) is 15.9. The first-order valence-corrected chi connectivity index (χ1v) is 10.7. The Kier molecular flexibility index (Phi) is 19.4. The third-order valence-corrected chi connectivity index (χ3v) is 4.50. The second-order valence-electron chi connectivity index (χ2n) is 6.70. The highest BCUT2D eigenvalue weighted by atomic mass is 31.1. The number of carbonyl (C=O) groups is 1. The Morgan fingerprint density at radius 1 is 0.840 bits per heavy atom. The lowest BCUT2D eigenvalue weighted by molar-refractivity contribution is -0.147. The van der Waals surface area contributed by atoms with Crippen molar-refractivity contribution < 1.29 is 23.7 Å². The molecule has 0 saturated heterocycles. The molecule has 0 spiro atoms. The van der Waals surface area contributed by atoms with Crippen LogP contribution in [0.15, 0.2) is 0 Å². The summed E-state index contributed by atoms with van der Waals surface area (Å²) in [6.07, 6.45) is 16.0. The molecular formula is C19H37O5P. The summed E-state index contributed by atoms with van der Waals surface area (Å²) in [6, 6.07) is 0. The Morgan fingerprint density at radius 2 is 1.32 bits per heavy atom. The third-order valence-electron chi connectivity index (χ3n) is 4.24. The molecule has 148 valence electrons. The summed E-state index contributed by atoms with van der Waals surface area (Å²) in [7, 11) is -0.479. The van der Waals surface area contributed by atoms with E-state index in [4.69, 9.17) is 4.74 Å². The van der Waals surface area contributed by atoms with Crippen molar-refractivity contribution in [3.63, 3.8) is 0 Å². The van der Waals surface area contributed by atoms with E-state index in [0.717, 1.165) is 12.8 Å². The van der Waals surface area contributed by atoms with Crippen molar-refractivity contribution in [1.29, 1.82) is 0 Å². The van der Waals surface area contributed by atoms with Gasteiger partial charge >= 0.3 is 14.7 Å². The summed E-state index contributed by atoms with van der Waals surface area (Å²) in [5.41, 5.74) is 0. The first-order valence-electron chi connectivity index (χ1n) is 9.99. The number of esters is 1. The number of carbonyl (C=O) groups excluding carboxylic acids is 1. The minimum atomic E-state index is -0.919. The van der Waals surface area contributed by atoms with Gasteiger partial charge in [0, 0.05) is 6.42 Å². The second kappa shape index (κ2) is 19.8. The van der Waals surface area contributed by atoms with Crippen LogP contribution >= 0.6 is 8.69 Å². The van der Waals surface area contributed by atoms with Crippen LogP contribution in [0.4, 0.5) is 0 Å². The topological polar surface area (TPSA) is 72.8 Å². The van der Waals surface area contributed by atoms with Gasteiger partial charge in [0.1, 0.15) is 12.7 Å². The Bertz CT molecular complexity index is 312. The van der Waals surface area contributed by atoms with Crippen LogP contribution in [-0.4, -0.2) is 30.4 Å². The van der Waals surface area contributed by atoms with E-state index >= 15 is 0 Å². The SMILES string of the molecule is CCCCCCCCCCCCCCCC(=O)OCC(O)COP=O. The lowest BCUT2D eigenvalue weighted by atomic mass is 10.0. The maximum absolute atomic E-state index is 11.5. The van der Waals surface area contributed by atoms with Crippen molar-refractivity contribution in [3.8, 4) is 0 Å². The van der Waals surface area contributed by atoms with E-state index in [1.165, 1.54) is 70.6 Å². The molecule has 0 aromatic heterocycles. The number of hydrogen-bond donors (Lipinski definition) is 1. The molecule has 0 saturated carbocycles. The summed E-state index contributed by atoms with van der Waals surface area (Å²) in [6.45, 7) is 2.05. The van der Waals surface area contributed by atoms with Gasteiger partial charge in [0.15, 0.2) is 0 Å². The first kappa shape index (κ1) is 24.5. The van der Waals surface area contributed by atoms with Gasteiger partial charge in [0.05, 0.1) is 6.61 Å². The molecule has 0 aromatic carbocycles. The molecule has 0 amide bonds. The van der Waals surface area contributed by atoms with Gasteiger partial charge in [-0.3, -0.25) is 9.32 Å². The molecule has 0 aliphatic rings. The number of hydrogen-bond acceptors (Lipinski definition) is 5. The molecule has 25 heavy (non-hydrogen) atoms. The van der Waals surface area contributed by atoms with Gasteiger partial charge in [-0.05, 0) is 6.42 Å². The number of unbranched alkanes of at least 4 members (excludes halogenated alkanes) is 12. The zero-order valence-corrected chi connectivity index (χ0v) is 16.8. The lowest BCUT2D eigenvalue weighted by Gasteiger charge is -2.09. The number of aliphatic hydroxyl groups excluding tert-OH is 1. The van der Waals surface area contributed by atoms with Gasteiger partial charge in [0.25, 0.3) is 0 Å². The Labute approximate surface area is 155 Å². The normalized spacial score (nSPS) is 12.4. The summed E-state index contributed by atoms with van der Waals surface area (Å²) in [4.78, 5) is 11.5. The standard InChI is InChI=1S/C19H37O5P/c1-2-3-4-5-6-7-8-9-10-11-12-13-14-15-19(21)23-16-18(20)17-24-25-22/h18,20H,2-17H2,1H3. The van der Waals surface area contributed by atoms with Crippen molar-refractivity contribution in [1.82, 2.24) is 0 Å². The van der Waals surface area contributed by atoms with Crippen LogP contribution < -0.4 is 0 Å². The van der Waals surface area contributed by atoms with Crippen molar-refractivity contribution in [2.24, 2.45) is 0 Å². The molecule has 1 N–H and O–H groups in total. The van der Waals surface area contributed by atoms with Crippen LogP contribution in [0.5, 0.6) is 0 Å². The number of rotatable bonds is 19. The van der Waals surface area contributed by atoms with Gasteiger partial charge in [0.2, 0.25) is 0 Å². The molecule has 0 radical (unpaired) electrons. The van der Waals surface area contributed by atoms with Gasteiger partial charge in [-0.2, -0.15) is 0 Å². The quantitative estimate of drug-likeness (QED) is 0.181. The number of aliphatic hydroxyl groups is 1. The predicted octanol–water partition coefficient (Wildman–Crippen LogP) is 5.60.